The maximum Gasteiger partial charge on any atom is 0.0193 e. The fourth-order valence-electron chi connectivity index (χ4n) is 1.92. The number of hydrogen-bond acceptors (Lipinski definition) is 3. The minimum atomic E-state index is 0.671. The number of rotatable bonds is 5. The van der Waals surface area contributed by atoms with Crippen molar-refractivity contribution in [2.24, 2.45) is 0 Å². The monoisotopic (exact) mass is 216 g/mol. The molecule has 0 aromatic rings. The highest BCUT2D eigenvalue weighted by Gasteiger charge is 2.21. The van der Waals surface area contributed by atoms with Gasteiger partial charge in [-0.1, -0.05) is 6.92 Å². The van der Waals surface area contributed by atoms with Gasteiger partial charge < -0.3 is 5.32 Å². The molecule has 3 heteroatoms. The predicted molar refractivity (Wildman–Crippen MR) is 66.1 cm³/mol. The average Bonchev–Trinajstić information content (AvgIpc) is 2.18. The lowest BCUT2D eigenvalue weighted by Crippen LogP contribution is -2.54. The number of nitrogens with one attached hydrogen (secondary N) is 1. The van der Waals surface area contributed by atoms with Gasteiger partial charge in [-0.15, -0.1) is 0 Å². The molecule has 0 aromatic heterocycles. The van der Waals surface area contributed by atoms with Crippen LogP contribution in [-0.2, 0) is 0 Å². The summed E-state index contributed by atoms with van der Waals surface area (Å²) < 4.78 is 0. The standard InChI is InChI=1S/C11H24N2S/c1-4-14-7-5-6-13-9-10(2)12-8-11(13)3/h10-12H,4-9H2,1-3H3. The van der Waals surface area contributed by atoms with Gasteiger partial charge in [-0.2, -0.15) is 11.8 Å². The van der Waals surface area contributed by atoms with E-state index in [1.807, 2.05) is 0 Å². The summed E-state index contributed by atoms with van der Waals surface area (Å²) in [5.74, 6) is 2.58. The topological polar surface area (TPSA) is 15.3 Å². The molecule has 0 saturated carbocycles. The van der Waals surface area contributed by atoms with Gasteiger partial charge in [-0.05, 0) is 38.3 Å². The molecule has 2 atom stereocenters. The van der Waals surface area contributed by atoms with E-state index in [4.69, 9.17) is 0 Å². The van der Waals surface area contributed by atoms with Crippen LogP contribution in [0.5, 0.6) is 0 Å². The zero-order chi connectivity index (χ0) is 10.4. The zero-order valence-corrected chi connectivity index (χ0v) is 10.6. The van der Waals surface area contributed by atoms with Crippen LogP contribution >= 0.6 is 11.8 Å². The first kappa shape index (κ1) is 12.3. The minimum Gasteiger partial charge on any atom is -0.311 e. The molecule has 0 bridgehead atoms. The van der Waals surface area contributed by atoms with E-state index in [9.17, 15) is 0 Å². The smallest absolute Gasteiger partial charge is 0.0193 e. The van der Waals surface area contributed by atoms with E-state index >= 15 is 0 Å². The van der Waals surface area contributed by atoms with Gasteiger partial charge in [0, 0.05) is 25.2 Å². The van der Waals surface area contributed by atoms with E-state index < -0.39 is 0 Å². The molecule has 2 nitrogen and oxygen atoms in total. The largest absolute Gasteiger partial charge is 0.311 e. The summed E-state index contributed by atoms with van der Waals surface area (Å²) >= 11 is 2.06. The van der Waals surface area contributed by atoms with Gasteiger partial charge in [0.05, 0.1) is 0 Å². The van der Waals surface area contributed by atoms with Gasteiger partial charge >= 0.3 is 0 Å². The van der Waals surface area contributed by atoms with Crippen LogP contribution in [0.1, 0.15) is 27.2 Å². The van der Waals surface area contributed by atoms with Crippen molar-refractivity contribution in [1.29, 1.82) is 0 Å². The molecule has 2 unspecified atom stereocenters. The third-order valence-corrected chi connectivity index (χ3v) is 3.82. The predicted octanol–water partition coefficient (Wildman–Crippen LogP) is 1.81. The van der Waals surface area contributed by atoms with E-state index in [0.29, 0.717) is 6.04 Å². The van der Waals surface area contributed by atoms with Crippen LogP contribution in [0.15, 0.2) is 0 Å². The van der Waals surface area contributed by atoms with Crippen LogP contribution in [0.25, 0.3) is 0 Å². The molecule has 1 fully saturated rings. The van der Waals surface area contributed by atoms with E-state index in [1.165, 1.54) is 31.0 Å². The lowest BCUT2D eigenvalue weighted by atomic mass is 10.1. The highest BCUT2D eigenvalue weighted by Crippen LogP contribution is 2.09. The Labute approximate surface area is 92.8 Å². The summed E-state index contributed by atoms with van der Waals surface area (Å²) in [4.78, 5) is 2.62. The summed E-state index contributed by atoms with van der Waals surface area (Å²) in [6, 6.07) is 1.39. The Morgan fingerprint density at radius 1 is 1.43 bits per heavy atom. The van der Waals surface area contributed by atoms with Gasteiger partial charge in [0.25, 0.3) is 0 Å². The molecule has 1 rings (SSSR count). The Bertz CT molecular complexity index is 152. The van der Waals surface area contributed by atoms with Crippen LogP contribution < -0.4 is 5.32 Å². The van der Waals surface area contributed by atoms with Crippen LogP contribution in [0.4, 0.5) is 0 Å². The van der Waals surface area contributed by atoms with Gasteiger partial charge in [-0.3, -0.25) is 4.90 Å². The lowest BCUT2D eigenvalue weighted by molar-refractivity contribution is 0.147. The Balaban J connectivity index is 2.14. The first-order valence-electron chi connectivity index (χ1n) is 5.79. The molecule has 1 N–H and O–H groups in total. The molecule has 1 saturated heterocycles. The van der Waals surface area contributed by atoms with Crippen LogP contribution in [0, 0.1) is 0 Å². The van der Waals surface area contributed by atoms with Gasteiger partial charge in [0.15, 0.2) is 0 Å². The second-order valence-electron chi connectivity index (χ2n) is 4.20. The molecule has 0 spiro atoms. The van der Waals surface area contributed by atoms with Crippen molar-refractivity contribution >= 4 is 11.8 Å². The normalized spacial score (nSPS) is 29.4. The SMILES string of the molecule is CCSCCCN1CC(C)NCC1C. The highest BCUT2D eigenvalue weighted by molar-refractivity contribution is 7.99. The Morgan fingerprint density at radius 2 is 2.21 bits per heavy atom. The van der Waals surface area contributed by atoms with Crippen molar-refractivity contribution in [2.75, 3.05) is 31.1 Å². The van der Waals surface area contributed by atoms with Gasteiger partial charge in [-0.25, -0.2) is 0 Å². The lowest BCUT2D eigenvalue weighted by Gasteiger charge is -2.37. The maximum atomic E-state index is 3.52. The fraction of sp³-hybridized carbons (Fsp3) is 1.00. The van der Waals surface area contributed by atoms with Crippen LogP contribution in [-0.4, -0.2) is 48.1 Å². The molecule has 1 aliphatic rings. The maximum absolute atomic E-state index is 3.52. The second-order valence-corrected chi connectivity index (χ2v) is 5.60. The third kappa shape index (κ3) is 4.20. The average molecular weight is 216 g/mol. The minimum absolute atomic E-state index is 0.671. The molecule has 84 valence electrons. The first-order valence-corrected chi connectivity index (χ1v) is 6.94. The summed E-state index contributed by atoms with van der Waals surface area (Å²) in [5, 5.41) is 3.52. The summed E-state index contributed by atoms with van der Waals surface area (Å²) in [6.07, 6.45) is 1.34. The Kier molecular flexibility index (Phi) is 5.90. The molecule has 0 aliphatic carbocycles. The summed E-state index contributed by atoms with van der Waals surface area (Å²) in [6.45, 7) is 10.5. The molecule has 1 aliphatic heterocycles. The molecule has 0 radical (unpaired) electrons. The number of thioether (sulfide) groups is 1. The van der Waals surface area contributed by atoms with Crippen molar-refractivity contribution < 1.29 is 0 Å². The second kappa shape index (κ2) is 6.70. The van der Waals surface area contributed by atoms with E-state index in [0.717, 1.165) is 12.6 Å². The Morgan fingerprint density at radius 3 is 2.93 bits per heavy atom. The van der Waals surface area contributed by atoms with Gasteiger partial charge in [0.2, 0.25) is 0 Å². The molecular weight excluding hydrogens is 192 g/mol. The summed E-state index contributed by atoms with van der Waals surface area (Å²) in [7, 11) is 0. The van der Waals surface area contributed by atoms with E-state index in [1.54, 1.807) is 0 Å². The molecule has 14 heavy (non-hydrogen) atoms. The quantitative estimate of drug-likeness (QED) is 0.706. The first-order chi connectivity index (χ1) is 6.74. The third-order valence-electron chi connectivity index (χ3n) is 2.83. The zero-order valence-electron chi connectivity index (χ0n) is 9.75. The molecule has 0 aromatic carbocycles. The highest BCUT2D eigenvalue weighted by atomic mass is 32.2. The Hall–Kier alpha value is 0.270. The van der Waals surface area contributed by atoms with Crippen LogP contribution in [0.3, 0.4) is 0 Å². The van der Waals surface area contributed by atoms with Crippen LogP contribution in [0.2, 0.25) is 0 Å². The number of piperazine rings is 1. The van der Waals surface area contributed by atoms with E-state index in [-0.39, 0.29) is 0 Å². The number of nitrogens with zero attached hydrogens (tertiary/aromatic N) is 1. The fourth-order valence-corrected chi connectivity index (χ4v) is 2.54. The molecular formula is C11H24N2S. The van der Waals surface area contributed by atoms with Crippen molar-refractivity contribution in [3.05, 3.63) is 0 Å². The number of hydrogen-bond donors (Lipinski definition) is 1. The van der Waals surface area contributed by atoms with Crippen molar-refractivity contribution in [2.45, 2.75) is 39.3 Å². The summed E-state index contributed by atoms with van der Waals surface area (Å²) in [5.41, 5.74) is 0. The molecule has 0 amide bonds. The molecule has 1 heterocycles. The van der Waals surface area contributed by atoms with E-state index in [2.05, 4.69) is 42.7 Å². The van der Waals surface area contributed by atoms with Crippen molar-refractivity contribution in [3.63, 3.8) is 0 Å². The van der Waals surface area contributed by atoms with Gasteiger partial charge in [0.1, 0.15) is 0 Å². The van der Waals surface area contributed by atoms with Crippen molar-refractivity contribution in [1.82, 2.24) is 10.2 Å². The van der Waals surface area contributed by atoms with Crippen molar-refractivity contribution in [3.8, 4) is 0 Å².